The summed E-state index contributed by atoms with van der Waals surface area (Å²) >= 11 is 0. The fraction of sp³-hybridized carbons (Fsp3) is 0.867. The number of hydrogen-bond donors (Lipinski definition) is 2. The lowest BCUT2D eigenvalue weighted by molar-refractivity contribution is -0.141. The molecule has 2 N–H and O–H groups in total. The van der Waals surface area contributed by atoms with Crippen molar-refractivity contribution in [2.24, 2.45) is 11.3 Å². The van der Waals surface area contributed by atoms with E-state index in [1.54, 1.807) is 5.48 Å². The highest BCUT2D eigenvalue weighted by Gasteiger charge is 2.52. The molecule has 2 atom stereocenters. The van der Waals surface area contributed by atoms with Gasteiger partial charge in [0.25, 0.3) is 0 Å². The van der Waals surface area contributed by atoms with Gasteiger partial charge in [-0.25, -0.2) is 5.48 Å². The van der Waals surface area contributed by atoms with Crippen molar-refractivity contribution in [1.82, 2.24) is 10.4 Å². The van der Waals surface area contributed by atoms with Crippen LogP contribution in [0.15, 0.2) is 0 Å². The molecule has 0 aromatic heterocycles. The standard InChI is InChI=1S/C15H26N2O3/c1-3-4-5-12(8-13(18)16-20)14(19)17-10-15(6-7-15)9-11(17)2/h11-12,20H,3-10H2,1-2H3,(H,16,18). The minimum Gasteiger partial charge on any atom is -0.339 e. The molecule has 2 amide bonds. The lowest BCUT2D eigenvalue weighted by atomic mass is 9.96. The zero-order valence-corrected chi connectivity index (χ0v) is 12.5. The van der Waals surface area contributed by atoms with Gasteiger partial charge in [-0.2, -0.15) is 0 Å². The number of nitrogens with one attached hydrogen (secondary N) is 1. The molecule has 5 heteroatoms. The van der Waals surface area contributed by atoms with E-state index in [-0.39, 0.29) is 24.3 Å². The van der Waals surface area contributed by atoms with Gasteiger partial charge in [0.05, 0.1) is 0 Å². The van der Waals surface area contributed by atoms with E-state index >= 15 is 0 Å². The van der Waals surface area contributed by atoms with Gasteiger partial charge in [-0.15, -0.1) is 0 Å². The van der Waals surface area contributed by atoms with Crippen molar-refractivity contribution in [3.63, 3.8) is 0 Å². The molecule has 1 spiro atoms. The molecule has 20 heavy (non-hydrogen) atoms. The highest BCUT2D eigenvalue weighted by Crippen LogP contribution is 2.54. The summed E-state index contributed by atoms with van der Waals surface area (Å²) in [5.74, 6) is -0.663. The molecule has 1 saturated carbocycles. The first kappa shape index (κ1) is 15.3. The predicted octanol–water partition coefficient (Wildman–Crippen LogP) is 2.09. The van der Waals surface area contributed by atoms with Gasteiger partial charge < -0.3 is 4.90 Å². The second-order valence-electron chi connectivity index (χ2n) is 6.60. The van der Waals surface area contributed by atoms with Crippen LogP contribution in [0, 0.1) is 11.3 Å². The SMILES string of the molecule is CCCCC(CC(=O)NO)C(=O)N1CC2(CC2)CC1C. The molecule has 2 rings (SSSR count). The first-order chi connectivity index (χ1) is 9.51. The van der Waals surface area contributed by atoms with Crippen LogP contribution in [-0.2, 0) is 9.59 Å². The molecule has 114 valence electrons. The van der Waals surface area contributed by atoms with Crippen LogP contribution < -0.4 is 5.48 Å². The van der Waals surface area contributed by atoms with Crippen LogP contribution in [0.4, 0.5) is 0 Å². The van der Waals surface area contributed by atoms with Crippen molar-refractivity contribution < 1.29 is 14.8 Å². The molecule has 2 fully saturated rings. The molecule has 2 unspecified atom stereocenters. The molecular weight excluding hydrogens is 256 g/mol. The summed E-state index contributed by atoms with van der Waals surface area (Å²) in [4.78, 5) is 26.1. The molecule has 1 heterocycles. The molecule has 1 aliphatic carbocycles. The van der Waals surface area contributed by atoms with E-state index in [2.05, 4.69) is 13.8 Å². The Morgan fingerprint density at radius 1 is 1.45 bits per heavy atom. The van der Waals surface area contributed by atoms with Crippen molar-refractivity contribution in [1.29, 1.82) is 0 Å². The summed E-state index contributed by atoms with van der Waals surface area (Å²) in [5, 5.41) is 8.68. The summed E-state index contributed by atoms with van der Waals surface area (Å²) in [6, 6.07) is 0.284. The Balaban J connectivity index is 1.99. The minimum absolute atomic E-state index is 0.0888. The smallest absolute Gasteiger partial charge is 0.244 e. The van der Waals surface area contributed by atoms with Crippen molar-refractivity contribution in [2.75, 3.05) is 6.54 Å². The molecule has 1 saturated heterocycles. The third-order valence-electron chi connectivity index (χ3n) is 4.82. The van der Waals surface area contributed by atoms with E-state index in [0.717, 1.165) is 32.2 Å². The van der Waals surface area contributed by atoms with Gasteiger partial charge in [0.2, 0.25) is 11.8 Å². The molecule has 1 aliphatic heterocycles. The second kappa shape index (κ2) is 6.12. The third kappa shape index (κ3) is 3.32. The number of carbonyl (C=O) groups excluding carboxylic acids is 2. The number of carbonyl (C=O) groups is 2. The van der Waals surface area contributed by atoms with Crippen LogP contribution in [0.3, 0.4) is 0 Å². The number of unbranched alkanes of at least 4 members (excludes halogenated alkanes) is 1. The lowest BCUT2D eigenvalue weighted by Crippen LogP contribution is -2.40. The number of hydrogen-bond acceptors (Lipinski definition) is 3. The largest absolute Gasteiger partial charge is 0.339 e. The van der Waals surface area contributed by atoms with Gasteiger partial charge in [0.1, 0.15) is 0 Å². The molecule has 0 aromatic carbocycles. The van der Waals surface area contributed by atoms with Crippen molar-refractivity contribution in [3.05, 3.63) is 0 Å². The highest BCUT2D eigenvalue weighted by atomic mass is 16.5. The Morgan fingerprint density at radius 3 is 2.65 bits per heavy atom. The quantitative estimate of drug-likeness (QED) is 0.579. The van der Waals surface area contributed by atoms with Gasteiger partial charge >= 0.3 is 0 Å². The van der Waals surface area contributed by atoms with Crippen LogP contribution in [0.5, 0.6) is 0 Å². The number of rotatable bonds is 6. The molecule has 0 aromatic rings. The first-order valence-corrected chi connectivity index (χ1v) is 7.75. The Labute approximate surface area is 120 Å². The average Bonchev–Trinajstić information content (AvgIpc) is 3.10. The highest BCUT2D eigenvalue weighted by molar-refractivity contribution is 5.85. The van der Waals surface area contributed by atoms with Gasteiger partial charge in [0.15, 0.2) is 0 Å². The van der Waals surface area contributed by atoms with E-state index in [1.165, 1.54) is 12.8 Å². The van der Waals surface area contributed by atoms with E-state index in [1.807, 2.05) is 4.90 Å². The van der Waals surface area contributed by atoms with Crippen molar-refractivity contribution in [3.8, 4) is 0 Å². The van der Waals surface area contributed by atoms with E-state index in [9.17, 15) is 9.59 Å². The molecule has 2 aliphatic rings. The van der Waals surface area contributed by atoms with Crippen LogP contribution in [0.2, 0.25) is 0 Å². The number of amides is 2. The van der Waals surface area contributed by atoms with Gasteiger partial charge in [-0.3, -0.25) is 14.8 Å². The fourth-order valence-electron chi connectivity index (χ4n) is 3.42. The van der Waals surface area contributed by atoms with E-state index < -0.39 is 5.91 Å². The first-order valence-electron chi connectivity index (χ1n) is 7.75. The monoisotopic (exact) mass is 282 g/mol. The van der Waals surface area contributed by atoms with Crippen LogP contribution >= 0.6 is 0 Å². The fourth-order valence-corrected chi connectivity index (χ4v) is 3.42. The Bertz CT molecular complexity index is 379. The van der Waals surface area contributed by atoms with Crippen LogP contribution in [-0.4, -0.2) is 34.5 Å². The zero-order valence-electron chi connectivity index (χ0n) is 12.5. The Kier molecular flexibility index (Phi) is 4.68. The third-order valence-corrected chi connectivity index (χ3v) is 4.82. The maximum Gasteiger partial charge on any atom is 0.244 e. The summed E-state index contributed by atoms with van der Waals surface area (Å²) in [7, 11) is 0. The average molecular weight is 282 g/mol. The van der Waals surface area contributed by atoms with Crippen LogP contribution in [0.25, 0.3) is 0 Å². The lowest BCUT2D eigenvalue weighted by Gasteiger charge is -2.26. The van der Waals surface area contributed by atoms with E-state index in [4.69, 9.17) is 5.21 Å². The Hall–Kier alpha value is -1.10. The van der Waals surface area contributed by atoms with E-state index in [0.29, 0.717) is 5.41 Å². The van der Waals surface area contributed by atoms with Gasteiger partial charge in [-0.05, 0) is 38.0 Å². The predicted molar refractivity (Wildman–Crippen MR) is 75.0 cm³/mol. The van der Waals surface area contributed by atoms with Crippen molar-refractivity contribution in [2.45, 2.75) is 64.8 Å². The molecule has 0 bridgehead atoms. The number of nitrogens with zero attached hydrogens (tertiary/aromatic N) is 1. The molecule has 0 radical (unpaired) electrons. The Morgan fingerprint density at radius 2 is 2.15 bits per heavy atom. The second-order valence-corrected chi connectivity index (χ2v) is 6.60. The van der Waals surface area contributed by atoms with Gasteiger partial charge in [-0.1, -0.05) is 19.8 Å². The zero-order chi connectivity index (χ0) is 14.8. The number of likely N-dealkylation sites (tertiary alicyclic amines) is 1. The summed E-state index contributed by atoms with van der Waals surface area (Å²) in [6.45, 7) is 5.04. The topological polar surface area (TPSA) is 69.6 Å². The number of hydroxylamine groups is 1. The normalized spacial score (nSPS) is 24.8. The molecular formula is C15H26N2O3. The van der Waals surface area contributed by atoms with Crippen LogP contribution in [0.1, 0.15) is 58.8 Å². The molecule has 5 nitrogen and oxygen atoms in total. The van der Waals surface area contributed by atoms with Crippen molar-refractivity contribution >= 4 is 11.8 Å². The maximum absolute atomic E-state index is 12.7. The summed E-state index contributed by atoms with van der Waals surface area (Å²) in [5.41, 5.74) is 2.04. The summed E-state index contributed by atoms with van der Waals surface area (Å²) < 4.78 is 0. The summed E-state index contributed by atoms with van der Waals surface area (Å²) in [6.07, 6.45) is 6.32. The van der Waals surface area contributed by atoms with Gasteiger partial charge in [0, 0.05) is 24.9 Å². The minimum atomic E-state index is -0.465. The maximum atomic E-state index is 12.7.